The van der Waals surface area contributed by atoms with E-state index in [-0.39, 0.29) is 5.41 Å². The number of nitrogens with one attached hydrogen (secondary N) is 2. The molecule has 0 saturated carbocycles. The zero-order chi connectivity index (χ0) is 18.6. The molecule has 3 aromatic rings. The molecule has 0 spiro atoms. The molecule has 3 heterocycles. The first-order valence-electron chi connectivity index (χ1n) is 7.99. The summed E-state index contributed by atoms with van der Waals surface area (Å²) >= 11 is 1.34. The van der Waals surface area contributed by atoms with E-state index in [0.717, 1.165) is 10.6 Å². The summed E-state index contributed by atoms with van der Waals surface area (Å²) in [7, 11) is 0. The number of pyridine rings is 1. The monoisotopic (exact) mass is 369 g/mol. The lowest BCUT2D eigenvalue weighted by Gasteiger charge is -2.12. The first-order valence-corrected chi connectivity index (χ1v) is 8.81. The van der Waals surface area contributed by atoms with Gasteiger partial charge in [-0.3, -0.25) is 10.6 Å². The van der Waals surface area contributed by atoms with Crippen LogP contribution in [0, 0.1) is 0 Å². The SMILES string of the molecule is CC(C)(C)c1cnc(C=Cc2cnc(NC(=O)Nc3ccccn3)s2)o1. The van der Waals surface area contributed by atoms with E-state index in [4.69, 9.17) is 4.42 Å². The van der Waals surface area contributed by atoms with Crippen LogP contribution in [0.5, 0.6) is 0 Å². The molecule has 2 amide bonds. The maximum Gasteiger partial charge on any atom is 0.326 e. The molecule has 0 aliphatic carbocycles. The van der Waals surface area contributed by atoms with E-state index >= 15 is 0 Å². The second-order valence-electron chi connectivity index (χ2n) is 6.51. The number of urea groups is 1. The number of aromatic nitrogens is 3. The summed E-state index contributed by atoms with van der Waals surface area (Å²) in [5, 5.41) is 5.80. The van der Waals surface area contributed by atoms with Crippen molar-refractivity contribution in [2.24, 2.45) is 0 Å². The lowest BCUT2D eigenvalue weighted by atomic mass is 9.94. The first kappa shape index (κ1) is 17.8. The molecule has 0 aliphatic heterocycles. The standard InChI is InChI=1S/C18H19N5O2S/c1-18(2,3)13-11-20-15(25-13)8-7-12-10-21-17(26-12)23-16(24)22-14-6-4-5-9-19-14/h4-11H,1-3H3,(H2,19,21,22,23,24). The zero-order valence-corrected chi connectivity index (χ0v) is 15.5. The van der Waals surface area contributed by atoms with Gasteiger partial charge in [0.15, 0.2) is 5.13 Å². The summed E-state index contributed by atoms with van der Waals surface area (Å²) in [5.41, 5.74) is -0.0817. The van der Waals surface area contributed by atoms with Gasteiger partial charge in [0.2, 0.25) is 5.89 Å². The number of carbonyl (C=O) groups is 1. The average Bonchev–Trinajstić information content (AvgIpc) is 3.22. The Hall–Kier alpha value is -3.00. The summed E-state index contributed by atoms with van der Waals surface area (Å²) in [5.74, 6) is 1.83. The third-order valence-electron chi connectivity index (χ3n) is 3.30. The Morgan fingerprint density at radius 1 is 1.12 bits per heavy atom. The van der Waals surface area contributed by atoms with Crippen LogP contribution >= 0.6 is 11.3 Å². The summed E-state index contributed by atoms with van der Waals surface area (Å²) in [6, 6.07) is 4.89. The summed E-state index contributed by atoms with van der Waals surface area (Å²) in [4.78, 5) is 25.3. The molecule has 0 unspecified atom stereocenters. The van der Waals surface area contributed by atoms with Crippen molar-refractivity contribution < 1.29 is 9.21 Å². The van der Waals surface area contributed by atoms with Crippen LogP contribution in [-0.4, -0.2) is 21.0 Å². The van der Waals surface area contributed by atoms with Crippen molar-refractivity contribution in [2.45, 2.75) is 26.2 Å². The van der Waals surface area contributed by atoms with Crippen LogP contribution in [0.25, 0.3) is 12.2 Å². The molecule has 26 heavy (non-hydrogen) atoms. The minimum atomic E-state index is -0.393. The topological polar surface area (TPSA) is 92.9 Å². The number of carbonyl (C=O) groups excluding carboxylic acids is 1. The molecule has 0 atom stereocenters. The molecule has 0 radical (unpaired) electrons. The maximum atomic E-state index is 11.9. The third kappa shape index (κ3) is 4.76. The molecule has 134 valence electrons. The van der Waals surface area contributed by atoms with Crippen molar-refractivity contribution in [1.82, 2.24) is 15.0 Å². The minimum absolute atomic E-state index is 0.0817. The molecule has 3 rings (SSSR count). The fourth-order valence-electron chi connectivity index (χ4n) is 1.97. The van der Waals surface area contributed by atoms with Gasteiger partial charge in [-0.15, -0.1) is 0 Å². The zero-order valence-electron chi connectivity index (χ0n) is 14.7. The van der Waals surface area contributed by atoms with E-state index < -0.39 is 6.03 Å². The van der Waals surface area contributed by atoms with Crippen LogP contribution in [-0.2, 0) is 5.41 Å². The molecule has 0 aliphatic rings. The fourth-order valence-corrected chi connectivity index (χ4v) is 2.68. The highest BCUT2D eigenvalue weighted by Gasteiger charge is 2.18. The van der Waals surface area contributed by atoms with Crippen LogP contribution in [0.2, 0.25) is 0 Å². The first-order chi connectivity index (χ1) is 12.4. The van der Waals surface area contributed by atoms with E-state index in [1.807, 2.05) is 6.08 Å². The molecule has 8 heteroatoms. The lowest BCUT2D eigenvalue weighted by Crippen LogP contribution is -2.19. The molecule has 0 fully saturated rings. The molecule has 0 saturated heterocycles. The Morgan fingerprint density at radius 3 is 2.65 bits per heavy atom. The number of hydrogen-bond donors (Lipinski definition) is 2. The Balaban J connectivity index is 1.59. The highest BCUT2D eigenvalue weighted by Crippen LogP contribution is 2.24. The van der Waals surface area contributed by atoms with Crippen molar-refractivity contribution in [3.8, 4) is 0 Å². The normalized spacial score (nSPS) is 11.7. The van der Waals surface area contributed by atoms with Gasteiger partial charge < -0.3 is 4.42 Å². The van der Waals surface area contributed by atoms with Crippen molar-refractivity contribution >= 4 is 40.5 Å². The number of oxazole rings is 1. The van der Waals surface area contributed by atoms with Gasteiger partial charge in [0, 0.05) is 28.8 Å². The molecule has 0 bridgehead atoms. The number of rotatable bonds is 4. The molecule has 3 aromatic heterocycles. The van der Waals surface area contributed by atoms with Gasteiger partial charge in [-0.25, -0.2) is 19.7 Å². The number of anilines is 2. The van der Waals surface area contributed by atoms with Gasteiger partial charge in [0.1, 0.15) is 11.6 Å². The molecule has 2 N–H and O–H groups in total. The highest BCUT2D eigenvalue weighted by molar-refractivity contribution is 7.16. The number of thiazole rings is 1. The fraction of sp³-hybridized carbons (Fsp3) is 0.222. The molecular formula is C18H19N5O2S. The van der Waals surface area contributed by atoms with Gasteiger partial charge in [-0.05, 0) is 18.2 Å². The Kier molecular flexibility index (Phi) is 5.13. The third-order valence-corrected chi connectivity index (χ3v) is 4.18. The van der Waals surface area contributed by atoms with Gasteiger partial charge in [0.05, 0.1) is 6.20 Å². The van der Waals surface area contributed by atoms with Crippen LogP contribution in [0.1, 0.15) is 37.3 Å². The second-order valence-corrected chi connectivity index (χ2v) is 7.57. The van der Waals surface area contributed by atoms with Crippen LogP contribution in [0.4, 0.5) is 15.7 Å². The van der Waals surface area contributed by atoms with Gasteiger partial charge in [0.25, 0.3) is 0 Å². The molecule has 0 aromatic carbocycles. The predicted octanol–water partition coefficient (Wildman–Crippen LogP) is 4.64. The number of hydrogen-bond acceptors (Lipinski definition) is 6. The van der Waals surface area contributed by atoms with Crippen LogP contribution in [0.3, 0.4) is 0 Å². The molecular weight excluding hydrogens is 350 g/mol. The van der Waals surface area contributed by atoms with Gasteiger partial charge in [-0.2, -0.15) is 0 Å². The maximum absolute atomic E-state index is 11.9. The largest absolute Gasteiger partial charge is 0.441 e. The summed E-state index contributed by atoms with van der Waals surface area (Å²) in [6.45, 7) is 6.20. The van der Waals surface area contributed by atoms with Crippen molar-refractivity contribution in [3.05, 3.63) is 53.3 Å². The second kappa shape index (κ2) is 7.49. The van der Waals surface area contributed by atoms with E-state index in [1.165, 1.54) is 11.3 Å². The van der Waals surface area contributed by atoms with Crippen molar-refractivity contribution in [1.29, 1.82) is 0 Å². The number of nitrogens with zero attached hydrogens (tertiary/aromatic N) is 3. The van der Waals surface area contributed by atoms with Crippen LogP contribution < -0.4 is 10.6 Å². The smallest absolute Gasteiger partial charge is 0.326 e. The Bertz CT molecular complexity index is 909. The highest BCUT2D eigenvalue weighted by atomic mass is 32.1. The minimum Gasteiger partial charge on any atom is -0.441 e. The quantitative estimate of drug-likeness (QED) is 0.699. The average molecular weight is 369 g/mol. The van der Waals surface area contributed by atoms with E-state index in [0.29, 0.717) is 16.8 Å². The Labute approximate surface area is 155 Å². The van der Waals surface area contributed by atoms with Crippen molar-refractivity contribution in [2.75, 3.05) is 10.6 Å². The Morgan fingerprint density at radius 2 is 1.96 bits per heavy atom. The summed E-state index contributed by atoms with van der Waals surface area (Å²) < 4.78 is 5.71. The lowest BCUT2D eigenvalue weighted by molar-refractivity contribution is 0.262. The van der Waals surface area contributed by atoms with E-state index in [9.17, 15) is 4.79 Å². The van der Waals surface area contributed by atoms with Gasteiger partial charge >= 0.3 is 6.03 Å². The van der Waals surface area contributed by atoms with Gasteiger partial charge in [-0.1, -0.05) is 38.2 Å². The van der Waals surface area contributed by atoms with E-state index in [1.54, 1.807) is 42.9 Å². The number of amides is 2. The van der Waals surface area contributed by atoms with Crippen molar-refractivity contribution in [3.63, 3.8) is 0 Å². The van der Waals surface area contributed by atoms with Crippen LogP contribution in [0.15, 0.2) is 41.2 Å². The molecule has 7 nitrogen and oxygen atoms in total. The van der Waals surface area contributed by atoms with E-state index in [2.05, 4.69) is 46.4 Å². The summed E-state index contributed by atoms with van der Waals surface area (Å²) in [6.07, 6.45) is 8.64. The predicted molar refractivity (Wildman–Crippen MR) is 103 cm³/mol.